The SMILES string of the molecule is Cc1ccccc1-c1ccccc1N1CCNC(CCOCCC(=O)NCc2ccc(F)nc2)C1. The molecule has 1 saturated heterocycles. The predicted molar refractivity (Wildman–Crippen MR) is 137 cm³/mol. The van der Waals surface area contributed by atoms with Crippen molar-refractivity contribution in [1.82, 2.24) is 15.6 Å². The van der Waals surface area contributed by atoms with Crippen molar-refractivity contribution in [1.29, 1.82) is 0 Å². The summed E-state index contributed by atoms with van der Waals surface area (Å²) in [6.07, 6.45) is 2.60. The Bertz CT molecular complexity index is 1110. The summed E-state index contributed by atoms with van der Waals surface area (Å²) in [6, 6.07) is 20.4. The van der Waals surface area contributed by atoms with E-state index in [-0.39, 0.29) is 5.91 Å². The number of nitrogens with zero attached hydrogens (tertiary/aromatic N) is 2. The van der Waals surface area contributed by atoms with Crippen LogP contribution in [0.4, 0.5) is 10.1 Å². The zero-order valence-corrected chi connectivity index (χ0v) is 20.2. The summed E-state index contributed by atoms with van der Waals surface area (Å²) < 4.78 is 18.6. The molecule has 0 saturated carbocycles. The lowest BCUT2D eigenvalue weighted by Crippen LogP contribution is -2.51. The van der Waals surface area contributed by atoms with Crippen molar-refractivity contribution < 1.29 is 13.9 Å². The normalized spacial score (nSPS) is 15.7. The molecule has 1 aliphatic rings. The molecule has 184 valence electrons. The fraction of sp³-hybridized carbons (Fsp3) is 0.357. The highest BCUT2D eigenvalue weighted by atomic mass is 19.1. The number of halogens is 1. The van der Waals surface area contributed by atoms with Crippen molar-refractivity contribution in [3.63, 3.8) is 0 Å². The van der Waals surface area contributed by atoms with Crippen molar-refractivity contribution in [2.75, 3.05) is 37.7 Å². The molecule has 1 amide bonds. The van der Waals surface area contributed by atoms with E-state index in [1.54, 1.807) is 6.07 Å². The topological polar surface area (TPSA) is 66.5 Å². The molecule has 1 aromatic heterocycles. The molecule has 4 rings (SSSR count). The van der Waals surface area contributed by atoms with Gasteiger partial charge in [0.25, 0.3) is 0 Å². The average Bonchev–Trinajstić information content (AvgIpc) is 2.89. The number of anilines is 1. The first-order valence-corrected chi connectivity index (χ1v) is 12.2. The van der Waals surface area contributed by atoms with Crippen LogP contribution in [0, 0.1) is 12.9 Å². The number of carbonyl (C=O) groups excluding carboxylic acids is 1. The van der Waals surface area contributed by atoms with E-state index in [1.807, 2.05) is 0 Å². The minimum absolute atomic E-state index is 0.0934. The average molecular weight is 477 g/mol. The summed E-state index contributed by atoms with van der Waals surface area (Å²) in [7, 11) is 0. The van der Waals surface area contributed by atoms with Gasteiger partial charge in [0.2, 0.25) is 11.9 Å². The third-order valence-electron chi connectivity index (χ3n) is 6.30. The van der Waals surface area contributed by atoms with Crippen LogP contribution in [-0.2, 0) is 16.1 Å². The second-order valence-electron chi connectivity index (χ2n) is 8.85. The van der Waals surface area contributed by atoms with E-state index < -0.39 is 5.95 Å². The molecule has 6 nitrogen and oxygen atoms in total. The van der Waals surface area contributed by atoms with Crippen molar-refractivity contribution >= 4 is 11.6 Å². The molecule has 0 radical (unpaired) electrons. The first-order chi connectivity index (χ1) is 17.1. The molecule has 0 spiro atoms. The largest absolute Gasteiger partial charge is 0.381 e. The quantitative estimate of drug-likeness (QED) is 0.341. The van der Waals surface area contributed by atoms with Gasteiger partial charge in [-0.15, -0.1) is 0 Å². The summed E-state index contributed by atoms with van der Waals surface area (Å²) in [5.41, 5.74) is 5.85. The van der Waals surface area contributed by atoms with Crippen LogP contribution < -0.4 is 15.5 Å². The van der Waals surface area contributed by atoms with Crippen molar-refractivity contribution in [2.45, 2.75) is 32.4 Å². The Morgan fingerprint density at radius 1 is 1.11 bits per heavy atom. The molecule has 2 N–H and O–H groups in total. The van der Waals surface area contributed by atoms with Gasteiger partial charge in [-0.05, 0) is 42.2 Å². The lowest BCUT2D eigenvalue weighted by atomic mass is 9.98. The molecular formula is C28H33FN4O2. The third-order valence-corrected chi connectivity index (χ3v) is 6.30. The number of ether oxygens (including phenoxy) is 1. The van der Waals surface area contributed by atoms with E-state index in [4.69, 9.17) is 4.74 Å². The van der Waals surface area contributed by atoms with Crippen LogP contribution in [0.5, 0.6) is 0 Å². The summed E-state index contributed by atoms with van der Waals surface area (Å²) in [5, 5.41) is 6.40. The minimum Gasteiger partial charge on any atom is -0.381 e. The molecular weight excluding hydrogens is 443 g/mol. The monoisotopic (exact) mass is 476 g/mol. The number of benzene rings is 2. The number of aryl methyl sites for hydroxylation is 1. The number of hydrogen-bond donors (Lipinski definition) is 2. The highest BCUT2D eigenvalue weighted by molar-refractivity contribution is 5.80. The van der Waals surface area contributed by atoms with E-state index in [1.165, 1.54) is 34.6 Å². The van der Waals surface area contributed by atoms with Gasteiger partial charge in [0.15, 0.2) is 0 Å². The number of pyridine rings is 1. The van der Waals surface area contributed by atoms with Crippen LogP contribution in [0.25, 0.3) is 11.1 Å². The van der Waals surface area contributed by atoms with E-state index in [2.05, 4.69) is 76.0 Å². The maximum atomic E-state index is 12.8. The second-order valence-corrected chi connectivity index (χ2v) is 8.85. The summed E-state index contributed by atoms with van der Waals surface area (Å²) in [4.78, 5) is 18.1. The first kappa shape index (κ1) is 24.8. The van der Waals surface area contributed by atoms with Crippen LogP contribution in [0.3, 0.4) is 0 Å². The second kappa shape index (κ2) is 12.4. The van der Waals surface area contributed by atoms with Crippen LogP contribution >= 0.6 is 0 Å². The number of carbonyl (C=O) groups is 1. The summed E-state index contributed by atoms with van der Waals surface area (Å²) >= 11 is 0. The smallest absolute Gasteiger partial charge is 0.222 e. The van der Waals surface area contributed by atoms with Gasteiger partial charge in [0.1, 0.15) is 0 Å². The number of aromatic nitrogens is 1. The van der Waals surface area contributed by atoms with Gasteiger partial charge in [-0.2, -0.15) is 4.39 Å². The molecule has 3 aromatic rings. The minimum atomic E-state index is -0.528. The van der Waals surface area contributed by atoms with Gasteiger partial charge in [0, 0.05) is 62.7 Å². The van der Waals surface area contributed by atoms with Gasteiger partial charge < -0.3 is 20.3 Å². The Morgan fingerprint density at radius 3 is 2.71 bits per heavy atom. The Kier molecular flexibility index (Phi) is 8.81. The Morgan fingerprint density at radius 2 is 1.91 bits per heavy atom. The number of nitrogens with one attached hydrogen (secondary N) is 2. The summed E-state index contributed by atoms with van der Waals surface area (Å²) in [6.45, 7) is 6.26. The standard InChI is InChI=1S/C28H33FN4O2/c1-21-6-2-3-7-24(21)25-8-4-5-9-26(25)33-15-14-30-23(20-33)12-16-35-17-13-28(34)32-19-22-10-11-27(29)31-18-22/h2-11,18,23,30H,12-17,19-20H2,1H3,(H,32,34). The molecule has 1 fully saturated rings. The van der Waals surface area contributed by atoms with Crippen LogP contribution in [0.15, 0.2) is 66.9 Å². The van der Waals surface area contributed by atoms with E-state index >= 15 is 0 Å². The zero-order chi connectivity index (χ0) is 24.5. The maximum Gasteiger partial charge on any atom is 0.222 e. The Labute approximate surface area is 206 Å². The molecule has 35 heavy (non-hydrogen) atoms. The highest BCUT2D eigenvalue weighted by Crippen LogP contribution is 2.33. The Hall–Kier alpha value is -3.29. The van der Waals surface area contributed by atoms with E-state index in [9.17, 15) is 9.18 Å². The van der Waals surface area contributed by atoms with Crippen molar-refractivity contribution in [3.8, 4) is 11.1 Å². The number of hydrogen-bond acceptors (Lipinski definition) is 5. The lowest BCUT2D eigenvalue weighted by molar-refractivity contribution is -0.122. The third kappa shape index (κ3) is 7.10. The van der Waals surface area contributed by atoms with Crippen LogP contribution in [0.1, 0.15) is 24.0 Å². The number of rotatable bonds is 10. The van der Waals surface area contributed by atoms with Gasteiger partial charge in [-0.3, -0.25) is 4.79 Å². The molecule has 1 aliphatic heterocycles. The fourth-order valence-electron chi connectivity index (χ4n) is 4.38. The van der Waals surface area contributed by atoms with Gasteiger partial charge in [0.05, 0.1) is 6.61 Å². The molecule has 1 atom stereocenters. The first-order valence-electron chi connectivity index (χ1n) is 12.2. The van der Waals surface area contributed by atoms with Crippen LogP contribution in [-0.4, -0.2) is 49.8 Å². The van der Waals surface area contributed by atoms with Gasteiger partial charge in [-0.25, -0.2) is 4.98 Å². The van der Waals surface area contributed by atoms with Crippen molar-refractivity contribution in [2.24, 2.45) is 0 Å². The predicted octanol–water partition coefficient (Wildman–Crippen LogP) is 4.09. The van der Waals surface area contributed by atoms with Crippen molar-refractivity contribution in [3.05, 3.63) is 83.9 Å². The lowest BCUT2D eigenvalue weighted by Gasteiger charge is -2.36. The maximum absolute atomic E-state index is 12.8. The molecule has 0 bridgehead atoms. The van der Waals surface area contributed by atoms with E-state index in [0.717, 1.165) is 31.6 Å². The molecule has 1 unspecified atom stereocenters. The number of para-hydroxylation sites is 1. The number of piperazine rings is 1. The number of amides is 1. The van der Waals surface area contributed by atoms with Gasteiger partial charge in [-0.1, -0.05) is 48.5 Å². The van der Waals surface area contributed by atoms with Gasteiger partial charge >= 0.3 is 0 Å². The molecule has 2 heterocycles. The highest BCUT2D eigenvalue weighted by Gasteiger charge is 2.21. The van der Waals surface area contributed by atoms with Crippen LogP contribution in [0.2, 0.25) is 0 Å². The zero-order valence-electron chi connectivity index (χ0n) is 20.2. The molecule has 2 aromatic carbocycles. The Balaban J connectivity index is 1.20. The molecule has 7 heteroatoms. The molecule has 0 aliphatic carbocycles. The summed E-state index contributed by atoms with van der Waals surface area (Å²) in [5.74, 6) is -0.622. The fourth-order valence-corrected chi connectivity index (χ4v) is 4.38. The van der Waals surface area contributed by atoms with E-state index in [0.29, 0.717) is 32.2 Å².